The number of aromatic amines is 2. The molecule has 2 rings (SSSR count). The smallest absolute Gasteiger partial charge is 0.327 e. The maximum Gasteiger partial charge on any atom is 0.327 e. The molecule has 0 radical (unpaired) electrons. The molecule has 0 saturated heterocycles. The number of hydrogen-bond donors (Lipinski definition) is 6. The summed E-state index contributed by atoms with van der Waals surface area (Å²) in [5.74, 6) is -1.82. The monoisotopic (exact) mass is 338 g/mol. The summed E-state index contributed by atoms with van der Waals surface area (Å²) in [7, 11) is 0. The van der Waals surface area contributed by atoms with Gasteiger partial charge in [0, 0.05) is 11.4 Å². The molecular formula is C13H14N4O5S. The van der Waals surface area contributed by atoms with Crippen LogP contribution in [0.2, 0.25) is 0 Å². The molecule has 0 saturated carbocycles. The van der Waals surface area contributed by atoms with Gasteiger partial charge in [-0.25, -0.2) is 4.79 Å². The van der Waals surface area contributed by atoms with Gasteiger partial charge < -0.3 is 15.7 Å². The van der Waals surface area contributed by atoms with Crippen LogP contribution in [0.15, 0.2) is 27.8 Å². The minimum atomic E-state index is -1.19. The Morgan fingerprint density at radius 2 is 1.91 bits per heavy atom. The predicted molar refractivity (Wildman–Crippen MR) is 87.1 cm³/mol. The third-order valence-corrected chi connectivity index (χ3v) is 3.45. The molecule has 0 aliphatic rings. The molecule has 1 unspecified atom stereocenters. The summed E-state index contributed by atoms with van der Waals surface area (Å²) in [5.41, 5.74) is -0.682. The molecule has 122 valence electrons. The van der Waals surface area contributed by atoms with Crippen molar-refractivity contribution in [1.82, 2.24) is 15.5 Å². The number of nitrogens with one attached hydrogen (secondary N) is 4. The molecule has 1 aromatic heterocycles. The topological polar surface area (TPSA) is 144 Å². The maximum absolute atomic E-state index is 11.9. The van der Waals surface area contributed by atoms with Crippen molar-refractivity contribution in [3.05, 3.63) is 38.9 Å². The maximum atomic E-state index is 11.9. The van der Waals surface area contributed by atoms with E-state index in [0.29, 0.717) is 5.69 Å². The van der Waals surface area contributed by atoms with E-state index in [1.807, 2.05) is 0 Å². The second-order valence-electron chi connectivity index (χ2n) is 4.63. The SMILES string of the molecule is O=C(CNc1cccc2c(=O)[nH][nH]c(=O)c12)NC(CS)C(=O)O. The summed E-state index contributed by atoms with van der Waals surface area (Å²) in [5, 5.41) is 18.6. The zero-order chi connectivity index (χ0) is 17.0. The minimum Gasteiger partial charge on any atom is -0.480 e. The van der Waals surface area contributed by atoms with Crippen LogP contribution in [0.25, 0.3) is 10.8 Å². The van der Waals surface area contributed by atoms with Crippen molar-refractivity contribution in [3.63, 3.8) is 0 Å². The van der Waals surface area contributed by atoms with Crippen LogP contribution in [0.5, 0.6) is 0 Å². The first-order valence-corrected chi connectivity index (χ1v) is 7.18. The number of carboxylic acids is 1. The highest BCUT2D eigenvalue weighted by Gasteiger charge is 2.18. The fourth-order valence-corrected chi connectivity index (χ4v) is 2.23. The molecule has 0 fully saturated rings. The molecule has 0 bridgehead atoms. The Balaban J connectivity index is 2.19. The number of carboxylic acid groups (broad SMARTS) is 1. The van der Waals surface area contributed by atoms with Gasteiger partial charge in [0.05, 0.1) is 17.3 Å². The molecule has 2 aromatic rings. The average molecular weight is 338 g/mol. The van der Waals surface area contributed by atoms with Gasteiger partial charge in [0.25, 0.3) is 11.1 Å². The van der Waals surface area contributed by atoms with Gasteiger partial charge in [0.2, 0.25) is 5.91 Å². The van der Waals surface area contributed by atoms with Crippen LogP contribution in [0, 0.1) is 0 Å². The molecule has 1 aromatic carbocycles. The molecule has 5 N–H and O–H groups in total. The summed E-state index contributed by atoms with van der Waals surface area (Å²) < 4.78 is 0. The number of rotatable bonds is 6. The first-order chi connectivity index (χ1) is 10.9. The van der Waals surface area contributed by atoms with Crippen LogP contribution in [-0.4, -0.2) is 45.5 Å². The summed E-state index contributed by atoms with van der Waals surface area (Å²) in [4.78, 5) is 46.1. The fourth-order valence-electron chi connectivity index (χ4n) is 1.98. The van der Waals surface area contributed by atoms with Gasteiger partial charge in [-0.2, -0.15) is 12.6 Å². The first-order valence-electron chi connectivity index (χ1n) is 6.54. The van der Waals surface area contributed by atoms with Crippen LogP contribution in [0.3, 0.4) is 0 Å². The van der Waals surface area contributed by atoms with Crippen molar-refractivity contribution in [2.45, 2.75) is 6.04 Å². The molecule has 23 heavy (non-hydrogen) atoms. The molecule has 10 heteroatoms. The van der Waals surface area contributed by atoms with Crippen LogP contribution >= 0.6 is 12.6 Å². The van der Waals surface area contributed by atoms with E-state index in [1.54, 1.807) is 6.07 Å². The van der Waals surface area contributed by atoms with Gasteiger partial charge in [-0.3, -0.25) is 24.6 Å². The number of aliphatic carboxylic acids is 1. The van der Waals surface area contributed by atoms with E-state index in [-0.39, 0.29) is 23.1 Å². The Labute approximate surface area is 134 Å². The molecule has 1 atom stereocenters. The van der Waals surface area contributed by atoms with Gasteiger partial charge >= 0.3 is 5.97 Å². The lowest BCUT2D eigenvalue weighted by atomic mass is 10.1. The van der Waals surface area contributed by atoms with E-state index < -0.39 is 29.0 Å². The van der Waals surface area contributed by atoms with Crippen molar-refractivity contribution in [1.29, 1.82) is 0 Å². The molecule has 0 aliphatic heterocycles. The molecular weight excluding hydrogens is 324 g/mol. The lowest BCUT2D eigenvalue weighted by Crippen LogP contribution is -2.44. The molecule has 0 spiro atoms. The first kappa shape index (κ1) is 16.6. The van der Waals surface area contributed by atoms with E-state index >= 15 is 0 Å². The summed E-state index contributed by atoms with van der Waals surface area (Å²) in [6.07, 6.45) is 0. The third kappa shape index (κ3) is 3.72. The zero-order valence-electron chi connectivity index (χ0n) is 11.8. The normalized spacial score (nSPS) is 11.9. The highest BCUT2D eigenvalue weighted by atomic mass is 32.1. The van der Waals surface area contributed by atoms with E-state index in [4.69, 9.17) is 5.11 Å². The van der Waals surface area contributed by atoms with Crippen LogP contribution in [-0.2, 0) is 9.59 Å². The standard InChI is InChI=1S/C13H14N4O5S/c18-9(15-8(5-23)13(21)22)4-14-7-3-1-2-6-10(7)12(20)17-16-11(6)19/h1-3,8,14,23H,4-5H2,(H,15,18)(H,16,19)(H,17,20)(H,21,22). The molecule has 1 amide bonds. The van der Waals surface area contributed by atoms with Crippen LogP contribution < -0.4 is 21.8 Å². The molecule has 9 nitrogen and oxygen atoms in total. The van der Waals surface area contributed by atoms with Gasteiger partial charge in [-0.05, 0) is 12.1 Å². The summed E-state index contributed by atoms with van der Waals surface area (Å²) >= 11 is 3.84. The van der Waals surface area contributed by atoms with Crippen molar-refractivity contribution >= 4 is 41.0 Å². The van der Waals surface area contributed by atoms with E-state index in [0.717, 1.165) is 0 Å². The fraction of sp³-hybridized carbons (Fsp3) is 0.231. The number of amides is 1. The average Bonchev–Trinajstić information content (AvgIpc) is 2.53. The highest BCUT2D eigenvalue weighted by Crippen LogP contribution is 2.16. The lowest BCUT2D eigenvalue weighted by Gasteiger charge is -2.13. The molecule has 0 aliphatic carbocycles. The van der Waals surface area contributed by atoms with E-state index in [9.17, 15) is 19.2 Å². The Morgan fingerprint density at radius 1 is 1.22 bits per heavy atom. The van der Waals surface area contributed by atoms with Gasteiger partial charge in [0.1, 0.15) is 6.04 Å². The number of thiol groups is 1. The van der Waals surface area contributed by atoms with Gasteiger partial charge in [-0.15, -0.1) is 0 Å². The lowest BCUT2D eigenvalue weighted by molar-refractivity contribution is -0.140. The van der Waals surface area contributed by atoms with Crippen LogP contribution in [0.4, 0.5) is 5.69 Å². The summed E-state index contributed by atoms with van der Waals surface area (Å²) in [6, 6.07) is 3.48. The van der Waals surface area contributed by atoms with Gasteiger partial charge in [-0.1, -0.05) is 6.07 Å². The zero-order valence-corrected chi connectivity index (χ0v) is 12.6. The second kappa shape index (κ2) is 7.01. The largest absolute Gasteiger partial charge is 0.480 e. The Hall–Kier alpha value is -2.75. The van der Waals surface area contributed by atoms with Crippen molar-refractivity contribution in [2.24, 2.45) is 0 Å². The number of carbonyl (C=O) groups is 2. The Morgan fingerprint density at radius 3 is 2.57 bits per heavy atom. The number of aromatic nitrogens is 2. The summed E-state index contributed by atoms with van der Waals surface area (Å²) in [6.45, 7) is -0.261. The van der Waals surface area contributed by atoms with Gasteiger partial charge in [0.15, 0.2) is 0 Å². The minimum absolute atomic E-state index is 0.0512. The second-order valence-corrected chi connectivity index (χ2v) is 5.00. The number of fused-ring (bicyclic) bond motifs is 1. The number of benzene rings is 1. The van der Waals surface area contributed by atoms with Crippen molar-refractivity contribution in [3.8, 4) is 0 Å². The predicted octanol–water partition coefficient (Wildman–Crippen LogP) is -0.873. The van der Waals surface area contributed by atoms with E-state index in [1.165, 1.54) is 12.1 Å². The third-order valence-electron chi connectivity index (χ3n) is 3.08. The van der Waals surface area contributed by atoms with E-state index in [2.05, 4.69) is 33.5 Å². The Bertz CT molecular complexity index is 859. The number of carbonyl (C=O) groups excluding carboxylic acids is 1. The Kier molecular flexibility index (Phi) is 5.06. The quantitative estimate of drug-likeness (QED) is 0.378. The molecule has 1 heterocycles. The highest BCUT2D eigenvalue weighted by molar-refractivity contribution is 7.80. The van der Waals surface area contributed by atoms with Crippen LogP contribution in [0.1, 0.15) is 0 Å². The van der Waals surface area contributed by atoms with Crippen molar-refractivity contribution in [2.75, 3.05) is 17.6 Å². The van der Waals surface area contributed by atoms with Crippen molar-refractivity contribution < 1.29 is 14.7 Å². The number of anilines is 1. The number of hydrogen-bond acceptors (Lipinski definition) is 6. The number of H-pyrrole nitrogens is 2.